The van der Waals surface area contributed by atoms with Gasteiger partial charge in [0, 0.05) is 16.7 Å². The Morgan fingerprint density at radius 1 is 1.47 bits per heavy atom. The maximum absolute atomic E-state index is 12.0. The molecule has 1 rings (SSSR count). The zero-order valence-electron chi connectivity index (χ0n) is 10.5. The highest BCUT2D eigenvalue weighted by Crippen LogP contribution is 2.20. The summed E-state index contributed by atoms with van der Waals surface area (Å²) in [5.41, 5.74) is 6.91. The Kier molecular flexibility index (Phi) is 4.57. The van der Waals surface area contributed by atoms with Crippen molar-refractivity contribution in [3.8, 4) is 0 Å². The van der Waals surface area contributed by atoms with Crippen LogP contribution in [0.2, 0.25) is 0 Å². The summed E-state index contributed by atoms with van der Waals surface area (Å²) in [6, 6.07) is 5.29. The van der Waals surface area contributed by atoms with Crippen LogP contribution in [0.25, 0.3) is 0 Å². The summed E-state index contributed by atoms with van der Waals surface area (Å²) >= 11 is 3.33. The number of hydrogen-bond acceptors (Lipinski definition) is 2. The number of benzene rings is 1. The molecule has 0 radical (unpaired) electrons. The molecule has 3 nitrogen and oxygen atoms in total. The van der Waals surface area contributed by atoms with Gasteiger partial charge in [-0.1, -0.05) is 36.7 Å². The van der Waals surface area contributed by atoms with Crippen molar-refractivity contribution in [3.63, 3.8) is 0 Å². The van der Waals surface area contributed by atoms with Crippen LogP contribution in [0.5, 0.6) is 0 Å². The van der Waals surface area contributed by atoms with Gasteiger partial charge in [0.05, 0.1) is 5.56 Å². The van der Waals surface area contributed by atoms with Crippen molar-refractivity contribution < 1.29 is 4.79 Å². The largest absolute Gasteiger partial charge is 0.398 e. The molecule has 0 atom stereocenters. The van der Waals surface area contributed by atoms with Crippen LogP contribution in [-0.4, -0.2) is 12.5 Å². The van der Waals surface area contributed by atoms with Gasteiger partial charge in [0.25, 0.3) is 5.91 Å². The van der Waals surface area contributed by atoms with Gasteiger partial charge in [-0.25, -0.2) is 0 Å². The van der Waals surface area contributed by atoms with E-state index in [2.05, 4.69) is 42.0 Å². The van der Waals surface area contributed by atoms with Crippen LogP contribution >= 0.6 is 15.9 Å². The second-order valence-corrected chi connectivity index (χ2v) is 5.85. The fraction of sp³-hybridized carbons (Fsp3) is 0.462. The first-order valence-corrected chi connectivity index (χ1v) is 6.48. The third kappa shape index (κ3) is 4.04. The number of hydrogen-bond donors (Lipinski definition) is 2. The molecule has 0 aliphatic heterocycles. The van der Waals surface area contributed by atoms with Gasteiger partial charge in [-0.05, 0) is 30.0 Å². The molecule has 0 bridgehead atoms. The maximum atomic E-state index is 12.0. The Labute approximate surface area is 111 Å². The van der Waals surface area contributed by atoms with E-state index in [9.17, 15) is 4.79 Å². The topological polar surface area (TPSA) is 55.1 Å². The standard InChI is InChI=1S/C13H19BrN2O/c1-4-13(2,3)8-16-12(17)10-7-9(14)5-6-11(10)15/h5-7H,4,8,15H2,1-3H3,(H,16,17). The van der Waals surface area contributed by atoms with E-state index in [1.165, 1.54) is 0 Å². The number of rotatable bonds is 4. The van der Waals surface area contributed by atoms with Crippen molar-refractivity contribution in [3.05, 3.63) is 28.2 Å². The van der Waals surface area contributed by atoms with Gasteiger partial charge in [-0.15, -0.1) is 0 Å². The van der Waals surface area contributed by atoms with Crippen molar-refractivity contribution >= 4 is 27.5 Å². The van der Waals surface area contributed by atoms with E-state index in [-0.39, 0.29) is 11.3 Å². The van der Waals surface area contributed by atoms with Crippen LogP contribution in [0.4, 0.5) is 5.69 Å². The molecule has 0 spiro atoms. The minimum absolute atomic E-state index is 0.108. The highest BCUT2D eigenvalue weighted by atomic mass is 79.9. The number of anilines is 1. The summed E-state index contributed by atoms with van der Waals surface area (Å²) < 4.78 is 0.853. The minimum atomic E-state index is -0.120. The Morgan fingerprint density at radius 3 is 2.71 bits per heavy atom. The van der Waals surface area contributed by atoms with Gasteiger partial charge in [0.1, 0.15) is 0 Å². The molecule has 0 unspecified atom stereocenters. The first-order chi connectivity index (χ1) is 7.85. The van der Waals surface area contributed by atoms with Gasteiger partial charge < -0.3 is 11.1 Å². The monoisotopic (exact) mass is 298 g/mol. The molecule has 3 N–H and O–H groups in total. The van der Waals surface area contributed by atoms with E-state index in [0.717, 1.165) is 10.9 Å². The fourth-order valence-electron chi connectivity index (χ4n) is 1.26. The predicted octanol–water partition coefficient (Wildman–Crippen LogP) is 3.20. The molecule has 17 heavy (non-hydrogen) atoms. The van der Waals surface area contributed by atoms with Crippen molar-refractivity contribution in [1.82, 2.24) is 5.32 Å². The van der Waals surface area contributed by atoms with Crippen molar-refractivity contribution in [2.24, 2.45) is 5.41 Å². The molecular weight excluding hydrogens is 280 g/mol. The summed E-state index contributed by atoms with van der Waals surface area (Å²) in [6.45, 7) is 7.00. The Hall–Kier alpha value is -1.03. The van der Waals surface area contributed by atoms with Crippen LogP contribution in [-0.2, 0) is 0 Å². The summed E-state index contributed by atoms with van der Waals surface area (Å²) in [7, 11) is 0. The molecule has 0 saturated heterocycles. The van der Waals surface area contributed by atoms with E-state index >= 15 is 0 Å². The molecule has 0 aliphatic rings. The van der Waals surface area contributed by atoms with E-state index in [4.69, 9.17) is 5.73 Å². The smallest absolute Gasteiger partial charge is 0.253 e. The van der Waals surface area contributed by atoms with Crippen LogP contribution < -0.4 is 11.1 Å². The summed E-state index contributed by atoms with van der Waals surface area (Å²) in [5, 5.41) is 2.92. The number of carbonyl (C=O) groups excluding carboxylic acids is 1. The van der Waals surface area contributed by atoms with Crippen LogP contribution in [0, 0.1) is 5.41 Å². The molecule has 0 fully saturated rings. The summed E-state index contributed by atoms with van der Waals surface area (Å²) in [5.74, 6) is -0.120. The quantitative estimate of drug-likeness (QED) is 0.839. The highest BCUT2D eigenvalue weighted by molar-refractivity contribution is 9.10. The summed E-state index contributed by atoms with van der Waals surface area (Å²) in [6.07, 6.45) is 1.02. The Balaban J connectivity index is 2.74. The lowest BCUT2D eigenvalue weighted by molar-refractivity contribution is 0.0936. The molecule has 0 heterocycles. The zero-order chi connectivity index (χ0) is 13.1. The first kappa shape index (κ1) is 14.0. The lowest BCUT2D eigenvalue weighted by Gasteiger charge is -2.23. The number of carbonyl (C=O) groups is 1. The van der Waals surface area contributed by atoms with Crippen LogP contribution in [0.15, 0.2) is 22.7 Å². The van der Waals surface area contributed by atoms with Crippen LogP contribution in [0.3, 0.4) is 0 Å². The molecular formula is C13H19BrN2O. The number of nitrogens with one attached hydrogen (secondary N) is 1. The normalized spacial score (nSPS) is 11.3. The van der Waals surface area contributed by atoms with E-state index in [0.29, 0.717) is 17.8 Å². The van der Waals surface area contributed by atoms with E-state index < -0.39 is 0 Å². The highest BCUT2D eigenvalue weighted by Gasteiger charge is 2.17. The van der Waals surface area contributed by atoms with Gasteiger partial charge in [0.15, 0.2) is 0 Å². The molecule has 1 aromatic rings. The molecule has 4 heteroatoms. The lowest BCUT2D eigenvalue weighted by atomic mass is 9.90. The number of nitrogens with two attached hydrogens (primary N) is 1. The van der Waals surface area contributed by atoms with Crippen molar-refractivity contribution in [1.29, 1.82) is 0 Å². The van der Waals surface area contributed by atoms with Gasteiger partial charge in [-0.2, -0.15) is 0 Å². The van der Waals surface area contributed by atoms with Crippen molar-refractivity contribution in [2.75, 3.05) is 12.3 Å². The van der Waals surface area contributed by atoms with Crippen LogP contribution in [0.1, 0.15) is 37.6 Å². The SMILES string of the molecule is CCC(C)(C)CNC(=O)c1cc(Br)ccc1N. The average molecular weight is 299 g/mol. The second kappa shape index (κ2) is 5.54. The fourth-order valence-corrected chi connectivity index (χ4v) is 1.63. The number of amides is 1. The second-order valence-electron chi connectivity index (χ2n) is 4.93. The molecule has 0 saturated carbocycles. The van der Waals surface area contributed by atoms with Gasteiger partial charge >= 0.3 is 0 Å². The van der Waals surface area contributed by atoms with E-state index in [1.807, 2.05) is 6.07 Å². The molecule has 0 aliphatic carbocycles. The first-order valence-electron chi connectivity index (χ1n) is 5.69. The number of nitrogen functional groups attached to an aromatic ring is 1. The molecule has 1 aromatic carbocycles. The lowest BCUT2D eigenvalue weighted by Crippen LogP contribution is -2.33. The van der Waals surface area contributed by atoms with Gasteiger partial charge in [-0.3, -0.25) is 4.79 Å². The zero-order valence-corrected chi connectivity index (χ0v) is 12.1. The predicted molar refractivity (Wildman–Crippen MR) is 75.0 cm³/mol. The Bertz CT molecular complexity index is 416. The number of halogens is 1. The van der Waals surface area contributed by atoms with E-state index in [1.54, 1.807) is 12.1 Å². The molecule has 0 aromatic heterocycles. The Morgan fingerprint density at radius 2 is 2.12 bits per heavy atom. The van der Waals surface area contributed by atoms with Crippen molar-refractivity contribution in [2.45, 2.75) is 27.2 Å². The minimum Gasteiger partial charge on any atom is -0.398 e. The summed E-state index contributed by atoms with van der Waals surface area (Å²) in [4.78, 5) is 12.0. The maximum Gasteiger partial charge on any atom is 0.253 e. The molecule has 1 amide bonds. The average Bonchev–Trinajstić information content (AvgIpc) is 2.29. The molecule has 94 valence electrons. The third-order valence-electron chi connectivity index (χ3n) is 2.94. The third-order valence-corrected chi connectivity index (χ3v) is 3.44. The van der Waals surface area contributed by atoms with Gasteiger partial charge in [0.2, 0.25) is 0 Å².